The number of hydrogen-bond acceptors (Lipinski definition) is 3. The van der Waals surface area contributed by atoms with Crippen molar-refractivity contribution in [2.24, 2.45) is 0 Å². The number of rotatable bonds is 3. The van der Waals surface area contributed by atoms with Gasteiger partial charge in [0.15, 0.2) is 5.82 Å². The van der Waals surface area contributed by atoms with Gasteiger partial charge in [-0.25, -0.2) is 4.98 Å². The zero-order valence-electron chi connectivity index (χ0n) is 14.2. The molecule has 24 heavy (non-hydrogen) atoms. The third-order valence-electron chi connectivity index (χ3n) is 5.39. The minimum Gasteiger partial charge on any atom is -0.340 e. The van der Waals surface area contributed by atoms with Crippen molar-refractivity contribution in [3.8, 4) is 0 Å². The molecule has 0 aromatic carbocycles. The maximum atomic E-state index is 13.3. The Balaban J connectivity index is 1.61. The second-order valence-corrected chi connectivity index (χ2v) is 7.03. The highest BCUT2D eigenvalue weighted by molar-refractivity contribution is 5.93. The number of carbonyl (C=O) groups is 1. The SMILES string of the molecule is Cc1nc([C@H]2CCCCN2C(=O)c2cccn2C2CCCC2)n[nH]1. The minimum absolute atomic E-state index is 0.0110. The van der Waals surface area contributed by atoms with Crippen LogP contribution in [-0.4, -0.2) is 37.1 Å². The van der Waals surface area contributed by atoms with Gasteiger partial charge < -0.3 is 9.47 Å². The number of piperidine rings is 1. The Morgan fingerprint density at radius 3 is 2.75 bits per heavy atom. The molecule has 0 radical (unpaired) electrons. The van der Waals surface area contributed by atoms with Gasteiger partial charge in [0.2, 0.25) is 0 Å². The van der Waals surface area contributed by atoms with Crippen molar-refractivity contribution in [3.05, 3.63) is 35.7 Å². The Bertz CT molecular complexity index is 713. The monoisotopic (exact) mass is 327 g/mol. The summed E-state index contributed by atoms with van der Waals surface area (Å²) >= 11 is 0. The number of aromatic amines is 1. The Kier molecular flexibility index (Phi) is 4.12. The summed E-state index contributed by atoms with van der Waals surface area (Å²) in [5.74, 6) is 1.68. The lowest BCUT2D eigenvalue weighted by Gasteiger charge is -2.34. The van der Waals surface area contributed by atoms with E-state index in [1.807, 2.05) is 24.0 Å². The van der Waals surface area contributed by atoms with Gasteiger partial charge in [-0.3, -0.25) is 9.89 Å². The van der Waals surface area contributed by atoms with E-state index in [0.29, 0.717) is 6.04 Å². The molecule has 0 spiro atoms. The average Bonchev–Trinajstić information content (AvgIpc) is 3.34. The molecule has 1 atom stereocenters. The first-order valence-electron chi connectivity index (χ1n) is 9.11. The van der Waals surface area contributed by atoms with Gasteiger partial charge in [0, 0.05) is 18.8 Å². The molecule has 6 nitrogen and oxygen atoms in total. The van der Waals surface area contributed by atoms with Crippen molar-refractivity contribution in [2.45, 2.75) is 64.0 Å². The first-order valence-corrected chi connectivity index (χ1v) is 9.11. The molecule has 1 aliphatic carbocycles. The normalized spacial score (nSPS) is 22.2. The highest BCUT2D eigenvalue weighted by atomic mass is 16.2. The number of H-pyrrole nitrogens is 1. The quantitative estimate of drug-likeness (QED) is 0.939. The average molecular weight is 327 g/mol. The van der Waals surface area contributed by atoms with Crippen LogP contribution in [0.4, 0.5) is 0 Å². The number of likely N-dealkylation sites (tertiary alicyclic amines) is 1. The lowest BCUT2D eigenvalue weighted by Crippen LogP contribution is -2.40. The van der Waals surface area contributed by atoms with Gasteiger partial charge >= 0.3 is 0 Å². The number of aromatic nitrogens is 4. The summed E-state index contributed by atoms with van der Waals surface area (Å²) in [5.41, 5.74) is 0.820. The van der Waals surface area contributed by atoms with Gasteiger partial charge in [0.1, 0.15) is 11.5 Å². The van der Waals surface area contributed by atoms with Gasteiger partial charge in [-0.1, -0.05) is 12.8 Å². The first-order chi connectivity index (χ1) is 11.7. The Hall–Kier alpha value is -2.11. The number of nitrogens with zero attached hydrogens (tertiary/aromatic N) is 4. The van der Waals surface area contributed by atoms with Crippen LogP contribution in [0.2, 0.25) is 0 Å². The van der Waals surface area contributed by atoms with Crippen LogP contribution in [0.25, 0.3) is 0 Å². The van der Waals surface area contributed by atoms with Crippen molar-refractivity contribution in [1.82, 2.24) is 24.6 Å². The molecule has 1 aliphatic heterocycles. The summed E-state index contributed by atoms with van der Waals surface area (Å²) in [6, 6.07) is 4.44. The lowest BCUT2D eigenvalue weighted by atomic mass is 10.0. The number of amides is 1. The van der Waals surface area contributed by atoms with Crippen LogP contribution < -0.4 is 0 Å². The highest BCUT2D eigenvalue weighted by Crippen LogP contribution is 2.33. The molecule has 1 amide bonds. The molecule has 1 N–H and O–H groups in total. The maximum Gasteiger partial charge on any atom is 0.271 e. The van der Waals surface area contributed by atoms with Crippen LogP contribution in [-0.2, 0) is 0 Å². The van der Waals surface area contributed by atoms with Crippen molar-refractivity contribution in [2.75, 3.05) is 6.54 Å². The number of carbonyl (C=O) groups excluding carboxylic acids is 1. The molecule has 6 heteroatoms. The summed E-state index contributed by atoms with van der Waals surface area (Å²) in [6.07, 6.45) is 10.1. The molecule has 1 saturated carbocycles. The Morgan fingerprint density at radius 2 is 2.00 bits per heavy atom. The summed E-state index contributed by atoms with van der Waals surface area (Å²) < 4.78 is 2.20. The second kappa shape index (κ2) is 6.42. The van der Waals surface area contributed by atoms with E-state index in [1.54, 1.807) is 0 Å². The number of aryl methyl sites for hydroxylation is 1. The van der Waals surface area contributed by atoms with E-state index in [0.717, 1.165) is 43.1 Å². The van der Waals surface area contributed by atoms with E-state index in [1.165, 1.54) is 25.7 Å². The third-order valence-corrected chi connectivity index (χ3v) is 5.39. The molecule has 2 fully saturated rings. The van der Waals surface area contributed by atoms with Crippen molar-refractivity contribution in [3.63, 3.8) is 0 Å². The largest absolute Gasteiger partial charge is 0.340 e. The van der Waals surface area contributed by atoms with Gasteiger partial charge in [-0.15, -0.1) is 0 Å². The van der Waals surface area contributed by atoms with Gasteiger partial charge in [0.25, 0.3) is 5.91 Å². The molecule has 1 saturated heterocycles. The van der Waals surface area contributed by atoms with E-state index in [9.17, 15) is 4.79 Å². The van der Waals surface area contributed by atoms with E-state index < -0.39 is 0 Å². The van der Waals surface area contributed by atoms with E-state index in [2.05, 4.69) is 25.9 Å². The molecule has 0 bridgehead atoms. The maximum absolute atomic E-state index is 13.3. The van der Waals surface area contributed by atoms with Crippen LogP contribution in [0.3, 0.4) is 0 Å². The first kappa shape index (κ1) is 15.4. The summed E-state index contributed by atoms with van der Waals surface area (Å²) in [4.78, 5) is 19.7. The van der Waals surface area contributed by atoms with Crippen LogP contribution in [0.5, 0.6) is 0 Å². The molecular weight excluding hydrogens is 302 g/mol. The Morgan fingerprint density at radius 1 is 1.21 bits per heavy atom. The molecule has 0 unspecified atom stereocenters. The van der Waals surface area contributed by atoms with E-state index >= 15 is 0 Å². The molecule has 4 rings (SSSR count). The van der Waals surface area contributed by atoms with Crippen molar-refractivity contribution in [1.29, 1.82) is 0 Å². The number of nitrogens with one attached hydrogen (secondary N) is 1. The molecule has 2 aliphatic rings. The fourth-order valence-electron chi connectivity index (χ4n) is 4.18. The molecule has 2 aromatic rings. The zero-order valence-corrected chi connectivity index (χ0v) is 14.2. The van der Waals surface area contributed by atoms with Gasteiger partial charge in [0.05, 0.1) is 6.04 Å². The molecule has 3 heterocycles. The summed E-state index contributed by atoms with van der Waals surface area (Å²) in [5, 5.41) is 7.23. The van der Waals surface area contributed by atoms with Crippen LogP contribution in [0, 0.1) is 6.92 Å². The predicted molar refractivity (Wildman–Crippen MR) is 90.7 cm³/mol. The molecule has 128 valence electrons. The molecule has 2 aromatic heterocycles. The highest BCUT2D eigenvalue weighted by Gasteiger charge is 2.33. The fraction of sp³-hybridized carbons (Fsp3) is 0.611. The van der Waals surface area contributed by atoms with Gasteiger partial charge in [-0.05, 0) is 51.2 Å². The Labute approximate surface area is 142 Å². The minimum atomic E-state index is -0.0110. The lowest BCUT2D eigenvalue weighted by molar-refractivity contribution is 0.0587. The molecular formula is C18H25N5O. The van der Waals surface area contributed by atoms with Gasteiger partial charge in [-0.2, -0.15) is 5.10 Å². The summed E-state index contributed by atoms with van der Waals surface area (Å²) in [7, 11) is 0. The predicted octanol–water partition coefficient (Wildman–Crippen LogP) is 3.40. The van der Waals surface area contributed by atoms with Crippen molar-refractivity contribution < 1.29 is 4.79 Å². The second-order valence-electron chi connectivity index (χ2n) is 7.03. The van der Waals surface area contributed by atoms with E-state index in [-0.39, 0.29) is 11.9 Å². The smallest absolute Gasteiger partial charge is 0.271 e. The van der Waals surface area contributed by atoms with Crippen LogP contribution in [0.15, 0.2) is 18.3 Å². The fourth-order valence-corrected chi connectivity index (χ4v) is 4.18. The van der Waals surface area contributed by atoms with E-state index in [4.69, 9.17) is 0 Å². The summed E-state index contributed by atoms with van der Waals surface area (Å²) in [6.45, 7) is 2.68. The van der Waals surface area contributed by atoms with Crippen LogP contribution >= 0.6 is 0 Å². The zero-order chi connectivity index (χ0) is 16.5. The standard InChI is InChI=1S/C18H25N5O/c1-13-19-17(21-20-13)15-9-4-5-11-23(15)18(24)16-10-6-12-22(16)14-7-2-3-8-14/h6,10,12,14-15H,2-5,7-9,11H2,1H3,(H,19,20,21)/t15-/m1/s1. The van der Waals surface area contributed by atoms with Crippen LogP contribution in [0.1, 0.15) is 79.2 Å². The number of hydrogen-bond donors (Lipinski definition) is 1. The third kappa shape index (κ3) is 2.74. The van der Waals surface area contributed by atoms with Crippen molar-refractivity contribution >= 4 is 5.91 Å². The topological polar surface area (TPSA) is 66.8 Å².